The minimum absolute atomic E-state index is 0.307. The van der Waals surface area contributed by atoms with E-state index in [1.165, 1.54) is 65.0 Å². The van der Waals surface area contributed by atoms with E-state index in [0.717, 1.165) is 11.3 Å². The van der Waals surface area contributed by atoms with Gasteiger partial charge in [0.1, 0.15) is 0 Å². The molecule has 0 amide bonds. The summed E-state index contributed by atoms with van der Waals surface area (Å²) in [5.41, 5.74) is 14.0. The summed E-state index contributed by atoms with van der Waals surface area (Å²) >= 11 is 1.93. The molecule has 2 heterocycles. The molecule has 7 aromatic rings. The minimum Gasteiger partial charge on any atom is -0.256 e. The molecule has 0 N–H and O–H groups in total. The van der Waals surface area contributed by atoms with E-state index in [-0.39, 0.29) is 5.41 Å². The van der Waals surface area contributed by atoms with Crippen LogP contribution in [0.1, 0.15) is 22.3 Å². The summed E-state index contributed by atoms with van der Waals surface area (Å²) < 4.78 is 1.35. The van der Waals surface area contributed by atoms with E-state index in [4.69, 9.17) is 0 Å². The highest BCUT2D eigenvalue weighted by Crippen LogP contribution is 2.66. The molecule has 1 nitrogen and oxygen atoms in total. The number of nitrogens with zero attached hydrogens (tertiary/aromatic N) is 1. The Hall–Kier alpha value is -4.79. The highest BCUT2D eigenvalue weighted by molar-refractivity contribution is 7.22. The number of pyridine rings is 1. The van der Waals surface area contributed by atoms with Gasteiger partial charge in [0, 0.05) is 21.3 Å². The Kier molecular flexibility index (Phi) is 4.47. The molecule has 186 valence electrons. The summed E-state index contributed by atoms with van der Waals surface area (Å²) in [5, 5.41) is 1.37. The molecule has 0 saturated carbocycles. The molecule has 2 aliphatic rings. The zero-order valence-corrected chi connectivity index (χ0v) is 22.5. The van der Waals surface area contributed by atoms with Crippen LogP contribution in [0.2, 0.25) is 0 Å². The van der Waals surface area contributed by atoms with E-state index < -0.39 is 0 Å². The first-order valence-electron chi connectivity index (χ1n) is 13.7. The molecule has 5 aromatic carbocycles. The van der Waals surface area contributed by atoms with Crippen LogP contribution in [0.25, 0.3) is 54.0 Å². The zero-order valence-electron chi connectivity index (χ0n) is 21.6. The van der Waals surface area contributed by atoms with Crippen LogP contribution in [0, 0.1) is 0 Å². The van der Waals surface area contributed by atoms with Crippen LogP contribution < -0.4 is 0 Å². The Morgan fingerprint density at radius 2 is 1.12 bits per heavy atom. The predicted octanol–water partition coefficient (Wildman–Crippen LogP) is 9.97. The molecule has 0 fully saturated rings. The minimum atomic E-state index is -0.307. The number of aromatic nitrogens is 1. The Labute approximate surface area is 237 Å². The monoisotopic (exact) mass is 525 g/mol. The van der Waals surface area contributed by atoms with Crippen molar-refractivity contribution in [3.05, 3.63) is 162 Å². The number of thiophene rings is 1. The molecule has 2 aromatic heterocycles. The topological polar surface area (TPSA) is 12.9 Å². The first-order valence-corrected chi connectivity index (χ1v) is 14.5. The van der Waals surface area contributed by atoms with Crippen LogP contribution in [0.4, 0.5) is 0 Å². The Bertz CT molecular complexity index is 2060. The summed E-state index contributed by atoms with van der Waals surface area (Å²) in [6, 6.07) is 49.0. The van der Waals surface area contributed by atoms with Gasteiger partial charge in [0.2, 0.25) is 0 Å². The van der Waals surface area contributed by atoms with Crippen molar-refractivity contribution in [2.75, 3.05) is 0 Å². The fourth-order valence-corrected chi connectivity index (χ4v) is 8.43. The van der Waals surface area contributed by atoms with Crippen molar-refractivity contribution in [2.45, 2.75) is 5.41 Å². The van der Waals surface area contributed by atoms with Gasteiger partial charge in [-0.3, -0.25) is 4.98 Å². The van der Waals surface area contributed by atoms with E-state index in [0.29, 0.717) is 0 Å². The second-order valence-electron chi connectivity index (χ2n) is 10.7. The molecule has 0 unspecified atom stereocenters. The van der Waals surface area contributed by atoms with Crippen molar-refractivity contribution in [3.63, 3.8) is 0 Å². The molecule has 0 saturated heterocycles. The normalized spacial score (nSPS) is 13.7. The molecule has 2 heteroatoms. The van der Waals surface area contributed by atoms with Gasteiger partial charge in [0.25, 0.3) is 0 Å². The quantitative estimate of drug-likeness (QED) is 0.219. The van der Waals surface area contributed by atoms with Crippen LogP contribution >= 0.6 is 11.3 Å². The van der Waals surface area contributed by atoms with Crippen molar-refractivity contribution in [2.24, 2.45) is 0 Å². The van der Waals surface area contributed by atoms with Crippen molar-refractivity contribution in [3.8, 4) is 44.0 Å². The lowest BCUT2D eigenvalue weighted by molar-refractivity contribution is 0.803. The second kappa shape index (κ2) is 8.11. The fraction of sp³-hybridized carbons (Fsp3) is 0.0263. The molecule has 0 atom stereocenters. The first kappa shape index (κ1) is 22.1. The SMILES string of the molecule is c1ccc(-c2ccc(-c3ccc4c(c3)-c3sc5ccccc5c3C43c4ccccc4-c4ccccc43)cc2)nc1. The van der Waals surface area contributed by atoms with Crippen LogP contribution in [0.3, 0.4) is 0 Å². The van der Waals surface area contributed by atoms with Gasteiger partial charge in [-0.05, 0) is 79.7 Å². The maximum atomic E-state index is 4.52. The zero-order chi connectivity index (χ0) is 26.3. The van der Waals surface area contributed by atoms with Crippen molar-refractivity contribution < 1.29 is 0 Å². The molecule has 0 aliphatic heterocycles. The van der Waals surface area contributed by atoms with Crippen LogP contribution in [0.15, 0.2) is 140 Å². The lowest BCUT2D eigenvalue weighted by Gasteiger charge is -2.30. The van der Waals surface area contributed by atoms with E-state index in [2.05, 4.69) is 126 Å². The summed E-state index contributed by atoms with van der Waals surface area (Å²) in [6.07, 6.45) is 1.85. The fourth-order valence-electron chi connectivity index (χ4n) is 7.14. The molecular weight excluding hydrogens is 502 g/mol. The molecule has 1 spiro atoms. The summed E-state index contributed by atoms with van der Waals surface area (Å²) in [7, 11) is 0. The van der Waals surface area contributed by atoms with Gasteiger partial charge in [-0.2, -0.15) is 0 Å². The second-order valence-corrected chi connectivity index (χ2v) is 11.7. The largest absolute Gasteiger partial charge is 0.256 e. The van der Waals surface area contributed by atoms with Gasteiger partial charge in [0.05, 0.1) is 11.1 Å². The molecule has 2 aliphatic carbocycles. The highest BCUT2D eigenvalue weighted by atomic mass is 32.1. The number of fused-ring (bicyclic) bond motifs is 12. The average Bonchev–Trinajstić information content (AvgIpc) is 3.65. The number of hydrogen-bond acceptors (Lipinski definition) is 2. The van der Waals surface area contributed by atoms with Gasteiger partial charge >= 0.3 is 0 Å². The lowest BCUT2D eigenvalue weighted by atomic mass is 9.70. The first-order chi connectivity index (χ1) is 19.8. The highest BCUT2D eigenvalue weighted by Gasteiger charge is 2.53. The van der Waals surface area contributed by atoms with E-state index in [9.17, 15) is 0 Å². The van der Waals surface area contributed by atoms with Crippen LogP contribution in [0.5, 0.6) is 0 Å². The van der Waals surface area contributed by atoms with Crippen LogP contribution in [-0.2, 0) is 5.41 Å². The lowest BCUT2D eigenvalue weighted by Crippen LogP contribution is -2.25. The summed E-state index contributed by atoms with van der Waals surface area (Å²) in [4.78, 5) is 5.92. The Balaban J connectivity index is 1.31. The maximum absolute atomic E-state index is 4.52. The molecule has 9 rings (SSSR count). The predicted molar refractivity (Wildman–Crippen MR) is 167 cm³/mol. The third-order valence-corrected chi connectivity index (χ3v) is 9.97. The average molecular weight is 526 g/mol. The number of rotatable bonds is 2. The van der Waals surface area contributed by atoms with Crippen molar-refractivity contribution in [1.29, 1.82) is 0 Å². The number of benzene rings is 5. The van der Waals surface area contributed by atoms with E-state index in [1.54, 1.807) is 0 Å². The number of hydrogen-bond donors (Lipinski definition) is 0. The molecule has 0 radical (unpaired) electrons. The maximum Gasteiger partial charge on any atom is 0.0740 e. The van der Waals surface area contributed by atoms with Gasteiger partial charge in [-0.1, -0.05) is 109 Å². The molecule has 0 bridgehead atoms. The van der Waals surface area contributed by atoms with Crippen molar-refractivity contribution in [1.82, 2.24) is 4.98 Å². The Morgan fingerprint density at radius 3 is 1.88 bits per heavy atom. The third-order valence-electron chi connectivity index (χ3n) is 8.77. The van der Waals surface area contributed by atoms with Gasteiger partial charge in [-0.25, -0.2) is 0 Å². The Morgan fingerprint density at radius 1 is 0.500 bits per heavy atom. The molecule has 40 heavy (non-hydrogen) atoms. The van der Waals surface area contributed by atoms with E-state index in [1.807, 2.05) is 29.7 Å². The summed E-state index contributed by atoms with van der Waals surface area (Å²) in [5.74, 6) is 0. The van der Waals surface area contributed by atoms with Gasteiger partial charge in [0.15, 0.2) is 0 Å². The van der Waals surface area contributed by atoms with E-state index >= 15 is 0 Å². The van der Waals surface area contributed by atoms with Crippen molar-refractivity contribution >= 4 is 21.4 Å². The third kappa shape index (κ3) is 2.79. The standard InChI is InChI=1S/C38H23NS/c1-4-12-31-27(9-1)28-10-2-5-13-32(28)38(31)33-21-20-26(24-16-18-25(19-17-24)34-14-7-8-22-39-34)23-30(33)37-36(38)29-11-3-6-15-35(29)40-37/h1-23H. The smallest absolute Gasteiger partial charge is 0.0740 e. The van der Waals surface area contributed by atoms with Crippen LogP contribution in [-0.4, -0.2) is 4.98 Å². The van der Waals surface area contributed by atoms with Gasteiger partial charge in [-0.15, -0.1) is 11.3 Å². The molecular formula is C38H23NS. The van der Waals surface area contributed by atoms with Gasteiger partial charge < -0.3 is 0 Å². The summed E-state index contributed by atoms with van der Waals surface area (Å²) in [6.45, 7) is 0.